The predicted octanol–water partition coefficient (Wildman–Crippen LogP) is 2.87. The van der Waals surface area contributed by atoms with Crippen LogP contribution >= 0.6 is 11.6 Å². The van der Waals surface area contributed by atoms with Crippen molar-refractivity contribution < 1.29 is 0 Å². The lowest BCUT2D eigenvalue weighted by Gasteiger charge is -2.25. The summed E-state index contributed by atoms with van der Waals surface area (Å²) in [4.78, 5) is 4.84. The topological polar surface area (TPSA) is 29.9 Å². The molecule has 3 nitrogen and oxygen atoms in total. The van der Waals surface area contributed by atoms with Gasteiger partial charge in [-0.2, -0.15) is 0 Å². The summed E-state index contributed by atoms with van der Waals surface area (Å²) >= 11 is 6.29. The zero-order valence-electron chi connectivity index (χ0n) is 10.8. The minimum atomic E-state index is 0.164. The van der Waals surface area contributed by atoms with Crippen LogP contribution in [0.1, 0.15) is 25.6 Å². The van der Waals surface area contributed by atoms with Gasteiger partial charge in [0.15, 0.2) is 0 Å². The van der Waals surface area contributed by atoms with Crippen LogP contribution in [0.2, 0.25) is 5.02 Å². The van der Waals surface area contributed by atoms with Crippen molar-refractivity contribution >= 4 is 22.6 Å². The minimum Gasteiger partial charge on any atom is -0.329 e. The van der Waals surface area contributed by atoms with Crippen LogP contribution in [0.15, 0.2) is 18.2 Å². The van der Waals surface area contributed by atoms with Crippen molar-refractivity contribution in [1.29, 1.82) is 0 Å². The van der Waals surface area contributed by atoms with Gasteiger partial charge < -0.3 is 9.88 Å². The van der Waals surface area contributed by atoms with E-state index in [9.17, 15) is 0 Å². The minimum absolute atomic E-state index is 0.164. The Morgan fingerprint density at radius 2 is 2.33 bits per heavy atom. The van der Waals surface area contributed by atoms with Gasteiger partial charge in [0.25, 0.3) is 0 Å². The molecular formula is C14H18ClN3. The Balaban J connectivity index is 2.24. The summed E-state index contributed by atoms with van der Waals surface area (Å²) in [6, 6.07) is 5.93. The monoisotopic (exact) mass is 263 g/mol. The fourth-order valence-corrected chi connectivity index (χ4v) is 3.39. The largest absolute Gasteiger partial charge is 0.329 e. The number of benzene rings is 1. The molecular weight excluding hydrogens is 246 g/mol. The molecule has 2 aromatic rings. The maximum absolute atomic E-state index is 6.29. The standard InChI is InChI=1S/C14H18ClN3/c1-3-14(7-8-16-9-14)13-17-11-6-4-5-10(15)12(11)18(13)2/h4-6,16H,3,7-9H2,1-2H3. The molecule has 18 heavy (non-hydrogen) atoms. The lowest BCUT2D eigenvalue weighted by molar-refractivity contribution is 0.415. The number of fused-ring (bicyclic) bond motifs is 1. The van der Waals surface area contributed by atoms with E-state index in [0.717, 1.165) is 47.8 Å². The van der Waals surface area contributed by atoms with Crippen molar-refractivity contribution in [3.05, 3.63) is 29.0 Å². The first-order valence-electron chi connectivity index (χ1n) is 6.50. The van der Waals surface area contributed by atoms with Gasteiger partial charge in [0.05, 0.1) is 16.1 Å². The first-order chi connectivity index (χ1) is 8.68. The van der Waals surface area contributed by atoms with Crippen molar-refractivity contribution in [1.82, 2.24) is 14.9 Å². The van der Waals surface area contributed by atoms with Gasteiger partial charge in [-0.05, 0) is 31.5 Å². The smallest absolute Gasteiger partial charge is 0.117 e. The Bertz CT molecular complexity index is 582. The van der Waals surface area contributed by atoms with Crippen molar-refractivity contribution in [3.8, 4) is 0 Å². The van der Waals surface area contributed by atoms with E-state index in [-0.39, 0.29) is 5.41 Å². The van der Waals surface area contributed by atoms with E-state index in [1.165, 1.54) is 0 Å². The average molecular weight is 264 g/mol. The van der Waals surface area contributed by atoms with Gasteiger partial charge in [-0.1, -0.05) is 24.6 Å². The van der Waals surface area contributed by atoms with Crippen LogP contribution in [0, 0.1) is 0 Å². The van der Waals surface area contributed by atoms with E-state index in [1.54, 1.807) is 0 Å². The Morgan fingerprint density at radius 3 is 2.94 bits per heavy atom. The van der Waals surface area contributed by atoms with Gasteiger partial charge in [0.1, 0.15) is 5.82 Å². The molecule has 96 valence electrons. The predicted molar refractivity (Wildman–Crippen MR) is 75.2 cm³/mol. The third kappa shape index (κ3) is 1.57. The Kier molecular flexibility index (Phi) is 2.83. The number of hydrogen-bond donors (Lipinski definition) is 1. The van der Waals surface area contributed by atoms with Gasteiger partial charge in [0.2, 0.25) is 0 Å². The molecule has 0 bridgehead atoms. The van der Waals surface area contributed by atoms with E-state index < -0.39 is 0 Å². The third-order valence-corrected chi connectivity index (χ3v) is 4.54. The number of nitrogens with zero attached hydrogens (tertiary/aromatic N) is 2. The fraction of sp³-hybridized carbons (Fsp3) is 0.500. The zero-order chi connectivity index (χ0) is 12.8. The molecule has 2 heterocycles. The molecule has 4 heteroatoms. The van der Waals surface area contributed by atoms with Crippen LogP contribution in [0.3, 0.4) is 0 Å². The van der Waals surface area contributed by atoms with Crippen molar-refractivity contribution in [2.24, 2.45) is 7.05 Å². The summed E-state index contributed by atoms with van der Waals surface area (Å²) in [6.45, 7) is 4.33. The fourth-order valence-electron chi connectivity index (χ4n) is 3.09. The van der Waals surface area contributed by atoms with Crippen molar-refractivity contribution in [2.45, 2.75) is 25.2 Å². The van der Waals surface area contributed by atoms with Gasteiger partial charge in [-0.25, -0.2) is 4.98 Å². The highest BCUT2D eigenvalue weighted by Gasteiger charge is 2.38. The average Bonchev–Trinajstić information content (AvgIpc) is 2.96. The number of aromatic nitrogens is 2. The second-order valence-corrected chi connectivity index (χ2v) is 5.57. The van der Waals surface area contributed by atoms with Gasteiger partial charge in [-0.3, -0.25) is 0 Å². The molecule has 1 fully saturated rings. The Labute approximate surface area is 112 Å². The lowest BCUT2D eigenvalue weighted by atomic mass is 9.83. The summed E-state index contributed by atoms with van der Waals surface area (Å²) in [5, 5.41) is 4.25. The molecule has 1 aromatic carbocycles. The maximum atomic E-state index is 6.29. The zero-order valence-corrected chi connectivity index (χ0v) is 11.6. The van der Waals surface area contributed by atoms with Gasteiger partial charge in [-0.15, -0.1) is 0 Å². The molecule has 3 rings (SSSR count). The molecule has 1 N–H and O–H groups in total. The highest BCUT2D eigenvalue weighted by atomic mass is 35.5. The second-order valence-electron chi connectivity index (χ2n) is 5.16. The highest BCUT2D eigenvalue weighted by molar-refractivity contribution is 6.35. The Hall–Kier alpha value is -1.06. The number of hydrogen-bond acceptors (Lipinski definition) is 2. The molecule has 1 unspecified atom stereocenters. The van der Waals surface area contributed by atoms with Crippen LogP contribution in [-0.4, -0.2) is 22.6 Å². The normalized spacial score (nSPS) is 23.9. The molecule has 0 amide bonds. The SMILES string of the molecule is CCC1(c2nc3cccc(Cl)c3n2C)CCNC1. The quantitative estimate of drug-likeness (QED) is 0.903. The maximum Gasteiger partial charge on any atom is 0.117 e. The second kappa shape index (κ2) is 4.25. The summed E-state index contributed by atoms with van der Waals surface area (Å²) < 4.78 is 2.17. The molecule has 1 saturated heterocycles. The van der Waals surface area contributed by atoms with Crippen LogP contribution in [0.4, 0.5) is 0 Å². The highest BCUT2D eigenvalue weighted by Crippen LogP contribution is 2.36. The molecule has 1 atom stereocenters. The molecule has 0 spiro atoms. The number of nitrogens with one attached hydrogen (secondary N) is 1. The molecule has 0 aliphatic carbocycles. The first-order valence-corrected chi connectivity index (χ1v) is 6.88. The van der Waals surface area contributed by atoms with Crippen molar-refractivity contribution in [3.63, 3.8) is 0 Å². The van der Waals surface area contributed by atoms with Crippen LogP contribution < -0.4 is 5.32 Å². The molecule has 1 aromatic heterocycles. The summed E-state index contributed by atoms with van der Waals surface area (Å²) in [7, 11) is 2.08. The number of halogens is 1. The molecule has 1 aliphatic rings. The van der Waals surface area contributed by atoms with Gasteiger partial charge >= 0.3 is 0 Å². The van der Waals surface area contributed by atoms with E-state index in [4.69, 9.17) is 16.6 Å². The summed E-state index contributed by atoms with van der Waals surface area (Å²) in [5.74, 6) is 1.16. The summed E-state index contributed by atoms with van der Waals surface area (Å²) in [5.41, 5.74) is 2.21. The number of rotatable bonds is 2. The molecule has 0 saturated carbocycles. The van der Waals surface area contributed by atoms with Crippen LogP contribution in [0.5, 0.6) is 0 Å². The van der Waals surface area contributed by atoms with Crippen molar-refractivity contribution in [2.75, 3.05) is 13.1 Å². The summed E-state index contributed by atoms with van der Waals surface area (Å²) in [6.07, 6.45) is 2.26. The number of para-hydroxylation sites is 1. The lowest BCUT2D eigenvalue weighted by Crippen LogP contribution is -2.31. The number of imidazole rings is 1. The van der Waals surface area contributed by atoms with E-state index in [0.29, 0.717) is 0 Å². The van der Waals surface area contributed by atoms with E-state index in [1.807, 2.05) is 18.2 Å². The van der Waals surface area contributed by atoms with Gasteiger partial charge in [0, 0.05) is 19.0 Å². The first kappa shape index (κ1) is 12.0. The van der Waals surface area contributed by atoms with E-state index in [2.05, 4.69) is 23.9 Å². The van der Waals surface area contributed by atoms with E-state index >= 15 is 0 Å². The third-order valence-electron chi connectivity index (χ3n) is 4.24. The van der Waals surface area contributed by atoms with Crippen LogP contribution in [0.25, 0.3) is 11.0 Å². The molecule has 1 aliphatic heterocycles. The van der Waals surface area contributed by atoms with Crippen LogP contribution in [-0.2, 0) is 12.5 Å². The number of aryl methyl sites for hydroxylation is 1. The Morgan fingerprint density at radius 1 is 1.50 bits per heavy atom. The molecule has 0 radical (unpaired) electrons.